The van der Waals surface area contributed by atoms with Crippen LogP contribution in [-0.2, 0) is 4.74 Å². The van der Waals surface area contributed by atoms with E-state index in [1.165, 1.54) is 25.7 Å². The van der Waals surface area contributed by atoms with Crippen molar-refractivity contribution in [3.8, 4) is 0 Å². The van der Waals surface area contributed by atoms with Gasteiger partial charge in [0.2, 0.25) is 0 Å². The average molecular weight is 269 g/mol. The zero-order chi connectivity index (χ0) is 13.9. The van der Waals surface area contributed by atoms with E-state index < -0.39 is 0 Å². The molecule has 0 aromatic heterocycles. The summed E-state index contributed by atoms with van der Waals surface area (Å²) in [5.74, 6) is 0.801. The maximum atomic E-state index is 6.14. The summed E-state index contributed by atoms with van der Waals surface area (Å²) in [7, 11) is 4.42. The zero-order valence-electron chi connectivity index (χ0n) is 12.9. The van der Waals surface area contributed by atoms with Crippen LogP contribution in [0, 0.1) is 5.92 Å². The molecule has 19 heavy (non-hydrogen) atoms. The van der Waals surface area contributed by atoms with E-state index in [1.807, 2.05) is 0 Å². The van der Waals surface area contributed by atoms with Crippen molar-refractivity contribution in [2.45, 2.75) is 44.2 Å². The van der Waals surface area contributed by atoms with Crippen LogP contribution in [0.1, 0.15) is 32.6 Å². The number of morpholine rings is 1. The van der Waals surface area contributed by atoms with E-state index in [9.17, 15) is 0 Å². The largest absolute Gasteiger partial charge is 0.374 e. The molecule has 2 N–H and O–H groups in total. The van der Waals surface area contributed by atoms with Crippen LogP contribution in [0.3, 0.4) is 0 Å². The number of nitrogens with zero attached hydrogens (tertiary/aromatic N) is 2. The van der Waals surface area contributed by atoms with Gasteiger partial charge in [0, 0.05) is 31.7 Å². The van der Waals surface area contributed by atoms with Gasteiger partial charge in [-0.15, -0.1) is 0 Å². The van der Waals surface area contributed by atoms with Crippen LogP contribution in [-0.4, -0.2) is 68.3 Å². The van der Waals surface area contributed by atoms with Crippen molar-refractivity contribution >= 4 is 0 Å². The van der Waals surface area contributed by atoms with Crippen molar-refractivity contribution in [1.29, 1.82) is 0 Å². The van der Waals surface area contributed by atoms with Gasteiger partial charge in [-0.25, -0.2) is 0 Å². The summed E-state index contributed by atoms with van der Waals surface area (Å²) >= 11 is 0. The summed E-state index contributed by atoms with van der Waals surface area (Å²) in [6, 6.07) is 0. The summed E-state index contributed by atoms with van der Waals surface area (Å²) in [6.45, 7) is 7.10. The molecule has 3 unspecified atom stereocenters. The van der Waals surface area contributed by atoms with Crippen LogP contribution in [0.15, 0.2) is 0 Å². The van der Waals surface area contributed by atoms with E-state index in [-0.39, 0.29) is 5.54 Å². The van der Waals surface area contributed by atoms with Crippen LogP contribution in [0.2, 0.25) is 0 Å². The predicted octanol–water partition coefficient (Wildman–Crippen LogP) is 1.16. The summed E-state index contributed by atoms with van der Waals surface area (Å²) in [4.78, 5) is 4.85. The minimum atomic E-state index is 0.205. The Balaban J connectivity index is 1.94. The Morgan fingerprint density at radius 2 is 2.26 bits per heavy atom. The van der Waals surface area contributed by atoms with Gasteiger partial charge in [0.15, 0.2) is 0 Å². The van der Waals surface area contributed by atoms with Crippen molar-refractivity contribution in [2.24, 2.45) is 11.7 Å². The van der Waals surface area contributed by atoms with E-state index >= 15 is 0 Å². The van der Waals surface area contributed by atoms with Gasteiger partial charge in [-0.05, 0) is 32.9 Å². The predicted molar refractivity (Wildman–Crippen MR) is 79.3 cm³/mol. The van der Waals surface area contributed by atoms with Crippen molar-refractivity contribution in [1.82, 2.24) is 9.80 Å². The van der Waals surface area contributed by atoms with Gasteiger partial charge in [-0.1, -0.05) is 19.8 Å². The Morgan fingerprint density at radius 3 is 2.89 bits per heavy atom. The third kappa shape index (κ3) is 3.69. The molecule has 112 valence electrons. The van der Waals surface area contributed by atoms with Gasteiger partial charge in [-0.3, -0.25) is 4.90 Å². The van der Waals surface area contributed by atoms with Crippen molar-refractivity contribution in [3.63, 3.8) is 0 Å². The van der Waals surface area contributed by atoms with Crippen LogP contribution < -0.4 is 5.73 Å². The lowest BCUT2D eigenvalue weighted by Gasteiger charge is -2.47. The average Bonchev–Trinajstić information content (AvgIpc) is 2.38. The van der Waals surface area contributed by atoms with E-state index in [0.717, 1.165) is 38.7 Å². The zero-order valence-corrected chi connectivity index (χ0v) is 12.9. The maximum absolute atomic E-state index is 6.14. The molecule has 1 saturated carbocycles. The fourth-order valence-electron chi connectivity index (χ4n) is 3.80. The smallest absolute Gasteiger partial charge is 0.0829 e. The van der Waals surface area contributed by atoms with E-state index in [2.05, 4.69) is 30.8 Å². The molecule has 2 aliphatic rings. The van der Waals surface area contributed by atoms with Crippen molar-refractivity contribution in [2.75, 3.05) is 46.9 Å². The molecule has 1 saturated heterocycles. The second-order valence-corrected chi connectivity index (χ2v) is 6.77. The lowest BCUT2D eigenvalue weighted by atomic mass is 9.75. The maximum Gasteiger partial charge on any atom is 0.0829 e. The number of nitrogens with two attached hydrogens (primary N) is 1. The molecule has 0 aromatic rings. The Bertz CT molecular complexity index is 287. The number of rotatable bonds is 4. The van der Waals surface area contributed by atoms with Crippen LogP contribution >= 0.6 is 0 Å². The highest BCUT2D eigenvalue weighted by atomic mass is 16.5. The highest BCUT2D eigenvalue weighted by Gasteiger charge is 2.38. The summed E-state index contributed by atoms with van der Waals surface area (Å²) in [5.41, 5.74) is 6.35. The fourth-order valence-corrected chi connectivity index (χ4v) is 3.80. The minimum Gasteiger partial charge on any atom is -0.374 e. The molecular weight excluding hydrogens is 238 g/mol. The third-order valence-corrected chi connectivity index (χ3v) is 5.08. The van der Waals surface area contributed by atoms with Crippen molar-refractivity contribution in [3.05, 3.63) is 0 Å². The van der Waals surface area contributed by atoms with Crippen molar-refractivity contribution < 1.29 is 4.74 Å². The van der Waals surface area contributed by atoms with E-state index in [4.69, 9.17) is 10.5 Å². The Kier molecular flexibility index (Phi) is 5.23. The molecule has 1 heterocycles. The first-order valence-corrected chi connectivity index (χ1v) is 7.77. The van der Waals surface area contributed by atoms with Gasteiger partial charge in [0.25, 0.3) is 0 Å². The molecule has 4 heteroatoms. The fraction of sp³-hybridized carbons (Fsp3) is 1.00. The molecule has 0 aromatic carbocycles. The number of hydrogen-bond acceptors (Lipinski definition) is 4. The van der Waals surface area contributed by atoms with Crippen LogP contribution in [0.5, 0.6) is 0 Å². The summed E-state index contributed by atoms with van der Waals surface area (Å²) in [6.07, 6.45) is 5.49. The standard InChI is InChI=1S/C15H31N3O/c1-13-5-4-6-15(9-13,12-16)18(3)11-14-10-17(2)7-8-19-14/h13-14H,4-12,16H2,1-3H3. The van der Waals surface area contributed by atoms with Crippen LogP contribution in [0.25, 0.3) is 0 Å². The topological polar surface area (TPSA) is 41.7 Å². The lowest BCUT2D eigenvalue weighted by Crippen LogP contribution is -2.58. The minimum absolute atomic E-state index is 0.205. The first-order chi connectivity index (χ1) is 9.05. The molecular formula is C15H31N3O. The Hall–Kier alpha value is -0.160. The second kappa shape index (κ2) is 6.53. The Labute approximate surface area is 118 Å². The molecule has 2 fully saturated rings. The number of ether oxygens (including phenoxy) is 1. The normalized spacial score (nSPS) is 37.7. The van der Waals surface area contributed by atoms with E-state index in [1.54, 1.807) is 0 Å². The van der Waals surface area contributed by atoms with E-state index in [0.29, 0.717) is 6.10 Å². The molecule has 2 rings (SSSR count). The van der Waals surface area contributed by atoms with Gasteiger partial charge < -0.3 is 15.4 Å². The Morgan fingerprint density at radius 1 is 1.47 bits per heavy atom. The molecule has 1 aliphatic carbocycles. The number of hydrogen-bond donors (Lipinski definition) is 1. The quantitative estimate of drug-likeness (QED) is 0.831. The molecule has 0 spiro atoms. The van der Waals surface area contributed by atoms with Gasteiger partial charge in [0.05, 0.1) is 12.7 Å². The SMILES string of the molecule is CC1CCCC(CN)(N(C)CC2CN(C)CCO2)C1. The monoisotopic (exact) mass is 269 g/mol. The van der Waals surface area contributed by atoms with Crippen LogP contribution in [0.4, 0.5) is 0 Å². The summed E-state index contributed by atoms with van der Waals surface area (Å²) in [5, 5.41) is 0. The third-order valence-electron chi connectivity index (χ3n) is 5.08. The highest BCUT2D eigenvalue weighted by molar-refractivity contribution is 4.95. The van der Waals surface area contributed by atoms with Gasteiger partial charge >= 0.3 is 0 Å². The molecule has 1 aliphatic heterocycles. The molecule has 0 bridgehead atoms. The second-order valence-electron chi connectivity index (χ2n) is 6.77. The summed E-state index contributed by atoms with van der Waals surface area (Å²) < 4.78 is 5.90. The first kappa shape index (κ1) is 15.2. The molecule has 3 atom stereocenters. The molecule has 0 amide bonds. The molecule has 4 nitrogen and oxygen atoms in total. The highest BCUT2D eigenvalue weighted by Crippen LogP contribution is 2.35. The first-order valence-electron chi connectivity index (χ1n) is 7.77. The van der Waals surface area contributed by atoms with Gasteiger partial charge in [-0.2, -0.15) is 0 Å². The number of likely N-dealkylation sites (N-methyl/N-ethyl adjacent to an activating group) is 2. The van der Waals surface area contributed by atoms with Gasteiger partial charge in [0.1, 0.15) is 0 Å². The molecule has 0 radical (unpaired) electrons. The lowest BCUT2D eigenvalue weighted by molar-refractivity contribution is -0.0548.